The Bertz CT molecular complexity index is 5000. The molecule has 0 bridgehead atoms. The Hall–Kier alpha value is -7.14. The van der Waals surface area contributed by atoms with Crippen molar-refractivity contribution < 1.29 is 39.6 Å². The summed E-state index contributed by atoms with van der Waals surface area (Å²) >= 11 is 0. The molecule has 0 aliphatic heterocycles. The number of hydrogen-bond donors (Lipinski definition) is 4. The zero-order chi connectivity index (χ0) is 88.3. The average molecular weight is 1740 g/mol. The Kier molecular flexibility index (Phi) is 22.9. The fourth-order valence-electron chi connectivity index (χ4n) is 35.4. The van der Waals surface area contributed by atoms with Crippen molar-refractivity contribution in [1.82, 2.24) is 69.5 Å². The van der Waals surface area contributed by atoms with Gasteiger partial charge in [-0.25, -0.2) is 9.36 Å². The van der Waals surface area contributed by atoms with Gasteiger partial charge in [0.2, 0.25) is 0 Å². The normalized spacial score (nSPS) is 43.5. The highest BCUT2D eigenvalue weighted by Crippen LogP contribution is 2.70. The van der Waals surface area contributed by atoms with E-state index in [9.17, 15) is 39.6 Å². The first-order valence-electron chi connectivity index (χ1n) is 51.2. The fourth-order valence-corrected chi connectivity index (χ4v) is 35.4. The van der Waals surface area contributed by atoms with Gasteiger partial charge in [0.1, 0.15) is 52.7 Å². The van der Waals surface area contributed by atoms with Crippen LogP contribution in [0.1, 0.15) is 287 Å². The van der Waals surface area contributed by atoms with Crippen molar-refractivity contribution in [2.75, 3.05) is 0 Å². The van der Waals surface area contributed by atoms with E-state index in [0.29, 0.717) is 96.7 Å². The molecule has 22 heteroatoms. The number of hydrogen-bond acceptors (Lipinski definition) is 18. The summed E-state index contributed by atoms with van der Waals surface area (Å²) in [5.41, 5.74) is 5.56. The molecule has 8 heterocycles. The molecule has 22 nitrogen and oxygen atoms in total. The van der Waals surface area contributed by atoms with Crippen LogP contribution in [-0.4, -0.2) is 135 Å². The predicted molar refractivity (Wildman–Crippen MR) is 491 cm³/mol. The summed E-state index contributed by atoms with van der Waals surface area (Å²) in [5, 5.41) is 68.4. The van der Waals surface area contributed by atoms with Crippen molar-refractivity contribution in [2.24, 2.45) is 164 Å². The van der Waals surface area contributed by atoms with Gasteiger partial charge >= 0.3 is 0 Å². The third-order valence-corrected chi connectivity index (χ3v) is 41.1. The molecule has 0 radical (unpaired) electrons. The highest BCUT2D eigenvalue weighted by atomic mass is 16.3. The Balaban J connectivity index is 0.000000104. The molecule has 32 atom stereocenters. The number of carbonyl (C=O) groups excluding carboxylic acids is 4. The van der Waals surface area contributed by atoms with Crippen LogP contribution in [0.4, 0.5) is 0 Å². The second-order valence-corrected chi connectivity index (χ2v) is 47.9. The van der Waals surface area contributed by atoms with E-state index in [2.05, 4.69) is 78.5 Å². The van der Waals surface area contributed by atoms with Crippen LogP contribution in [0.2, 0.25) is 0 Å². The van der Waals surface area contributed by atoms with E-state index in [4.69, 9.17) is 0 Å². The number of Topliss-reactive ketones (excluding diaryl/α,β-unsaturated/α-hetero) is 4. The topological polar surface area (TPSA) is 298 Å². The summed E-state index contributed by atoms with van der Waals surface area (Å²) < 4.78 is 7.17. The maximum absolute atomic E-state index is 13.6. The van der Waals surface area contributed by atoms with Crippen molar-refractivity contribution in [2.45, 2.75) is 335 Å². The second-order valence-electron chi connectivity index (χ2n) is 47.9. The van der Waals surface area contributed by atoms with E-state index < -0.39 is 22.4 Å². The van der Waals surface area contributed by atoms with Gasteiger partial charge in [-0.05, 0) is 435 Å². The second kappa shape index (κ2) is 33.5. The SMILES string of the molecule is C[C@@]1(O)CC[C@H]2[C@@H](CC[C@@H]3[C@@H]2CC[C@]2(C)[C@@H](C(=O)Cn4cc5ncccc5n4)CC[C@@H]32)C1.C[C@@]1(O)CC[C@H]2[C@@H](CC[C@@H]3[C@@H]2CC[C@]2(C)[C@@H](C(=O)Cn4ncc5ncccc54)CC[C@@H]32)C1.C[C@@]1(O)CC[C@H]2[C@@H](CC[C@@H]3[C@@H]2CC[C@]2(C)[C@@H](C(=O)Cn4nnc5ccncc54)CC[C@@H]32)C1.C[C@@]1(O)CC[C@H]2[C@@H](CC[C@@H]3[C@@H]2CC[C@]2(C)[C@@H](C(=O)Cn4nnc5cnccc54)CC[C@@H]32)C1. The fraction of sp³-hybridized carbons (Fsp3) is 0.755. The molecule has 0 spiro atoms. The van der Waals surface area contributed by atoms with Gasteiger partial charge in [-0.3, -0.25) is 48.5 Å². The minimum absolute atomic E-state index is 0.125. The van der Waals surface area contributed by atoms with Crippen molar-refractivity contribution in [3.8, 4) is 0 Å². The molecule has 688 valence electrons. The molecular formula is C106H146N14O8. The maximum Gasteiger partial charge on any atom is 0.157 e. The van der Waals surface area contributed by atoms with Crippen LogP contribution in [-0.2, 0) is 45.4 Å². The van der Waals surface area contributed by atoms with Crippen LogP contribution in [0.3, 0.4) is 0 Å². The Morgan fingerprint density at radius 3 is 1.11 bits per heavy atom. The minimum Gasteiger partial charge on any atom is -0.390 e. The monoisotopic (exact) mass is 1740 g/mol. The van der Waals surface area contributed by atoms with Gasteiger partial charge in [0.25, 0.3) is 0 Å². The van der Waals surface area contributed by atoms with Gasteiger partial charge in [-0.2, -0.15) is 10.2 Å². The Morgan fingerprint density at radius 2 is 0.680 bits per heavy atom. The highest BCUT2D eigenvalue weighted by molar-refractivity contribution is 5.86. The number of carbonyl (C=O) groups is 4. The van der Waals surface area contributed by atoms with Crippen molar-refractivity contribution in [1.29, 1.82) is 0 Å². The Morgan fingerprint density at radius 1 is 0.320 bits per heavy atom. The first-order valence-corrected chi connectivity index (χ1v) is 51.2. The molecule has 16 aliphatic rings. The third kappa shape index (κ3) is 15.7. The largest absolute Gasteiger partial charge is 0.390 e. The molecule has 16 aliphatic carbocycles. The summed E-state index contributed by atoms with van der Waals surface area (Å²) in [6, 6.07) is 11.5. The molecule has 0 amide bonds. The van der Waals surface area contributed by atoms with E-state index in [-0.39, 0.29) is 45.3 Å². The van der Waals surface area contributed by atoms with E-state index in [0.717, 1.165) is 192 Å². The molecule has 8 aromatic rings. The van der Waals surface area contributed by atoms with Crippen LogP contribution >= 0.6 is 0 Å². The summed E-state index contributed by atoms with van der Waals surface area (Å²) in [6.07, 6.45) is 55.9. The van der Waals surface area contributed by atoms with E-state index >= 15 is 0 Å². The summed E-state index contributed by atoms with van der Waals surface area (Å²) in [4.78, 5) is 71.2. The molecule has 16 saturated carbocycles. The lowest BCUT2D eigenvalue weighted by Gasteiger charge is -2.56. The molecular weight excluding hydrogens is 1600 g/mol. The van der Waals surface area contributed by atoms with Gasteiger partial charge in [-0.1, -0.05) is 38.1 Å². The predicted octanol–water partition coefficient (Wildman–Crippen LogP) is 18.9. The first-order chi connectivity index (χ1) is 61.4. The van der Waals surface area contributed by atoms with Crippen LogP contribution in [0.15, 0.2) is 86.0 Å². The molecule has 16 fully saturated rings. The van der Waals surface area contributed by atoms with Crippen LogP contribution in [0.25, 0.3) is 44.1 Å². The quantitative estimate of drug-likeness (QED) is 0.0883. The van der Waals surface area contributed by atoms with Gasteiger partial charge in [-0.15, -0.1) is 10.2 Å². The number of rotatable bonds is 12. The smallest absolute Gasteiger partial charge is 0.157 e. The number of aliphatic hydroxyl groups is 4. The molecule has 0 saturated heterocycles. The highest BCUT2D eigenvalue weighted by Gasteiger charge is 2.64. The molecule has 128 heavy (non-hydrogen) atoms. The molecule has 0 aromatic carbocycles. The van der Waals surface area contributed by atoms with Crippen LogP contribution < -0.4 is 0 Å². The molecule has 0 unspecified atom stereocenters. The van der Waals surface area contributed by atoms with Gasteiger partial charge < -0.3 is 20.4 Å². The lowest BCUT2D eigenvalue weighted by atomic mass is 9.49. The molecule has 8 aromatic heterocycles. The molecule has 24 rings (SSSR count). The first kappa shape index (κ1) is 87.5. The van der Waals surface area contributed by atoms with Crippen molar-refractivity contribution in [3.05, 3.63) is 86.0 Å². The zero-order valence-electron chi connectivity index (χ0n) is 77.9. The summed E-state index contributed by atoms with van der Waals surface area (Å²) in [7, 11) is 0. The van der Waals surface area contributed by atoms with Crippen molar-refractivity contribution in [3.63, 3.8) is 0 Å². The van der Waals surface area contributed by atoms with Gasteiger partial charge in [0, 0.05) is 48.5 Å². The standard InChI is InChI=1S/2C27H37N3O2.2C26H36N4O2/c1-26(32)11-9-18-17(14-26)5-6-20-19(18)10-12-27(2)21(20)7-8-22(27)25(31)16-30-24-4-3-13-28-23(24)15-29-30;1-26(32)11-9-18-17(14-26)5-6-20-19(18)10-12-27(2)21(20)7-8-22(27)25(31)16-30-15-24-23(29-30)4-3-13-28-24;1-25(32)10-7-17-16(13-25)3-4-19-18(17)8-11-26(2)20(19)5-6-21(26)24(31)15-30-23-9-12-27-14-22(23)28-29-30;1-25(32)10-7-17-16(13-25)3-4-19-18(17)8-11-26(2)20(19)5-6-21(26)24(31)15-30-23-14-27-12-9-22(23)28-29-30/h2*3-4,13,15,17-22,32H,5-12,14,16H2,1-2H3;2*9,12,14,16-21,32H,3-8,10-11,13,15H2,1-2H3/t2*17-,18-,19+,20+,21-,22+,26+,27-;2*16-,17-,18+,19+,20-,21+,25+,26-/m0000/s1. The lowest BCUT2D eigenvalue weighted by Crippen LogP contribution is -2.51. The molecule has 4 N–H and O–H groups in total. The van der Waals surface area contributed by atoms with E-state index in [1.54, 1.807) is 57.4 Å². The number of aromatic nitrogens is 14. The van der Waals surface area contributed by atoms with Gasteiger partial charge in [0.05, 0.1) is 64.8 Å². The maximum atomic E-state index is 13.6. The Labute approximate surface area is 756 Å². The number of fused-ring (bicyclic) bond motifs is 24. The minimum atomic E-state index is -0.455. The zero-order valence-corrected chi connectivity index (χ0v) is 77.9. The lowest BCUT2D eigenvalue weighted by molar-refractivity contribution is -0.133. The van der Waals surface area contributed by atoms with Crippen LogP contribution in [0.5, 0.6) is 0 Å². The third-order valence-electron chi connectivity index (χ3n) is 41.1. The number of ketones is 4. The average Bonchev–Trinajstić information content (AvgIpc) is 1.55. The van der Waals surface area contributed by atoms with E-state index in [1.165, 1.54) is 154 Å². The van der Waals surface area contributed by atoms with Crippen molar-refractivity contribution >= 4 is 67.3 Å². The van der Waals surface area contributed by atoms with Crippen LogP contribution in [0, 0.1) is 164 Å². The summed E-state index contributed by atoms with van der Waals surface area (Å²) in [5.74, 6) is 17.1. The number of pyridine rings is 4. The summed E-state index contributed by atoms with van der Waals surface area (Å²) in [6.45, 7) is 19.2. The van der Waals surface area contributed by atoms with Gasteiger partial charge in [0.15, 0.2) is 23.1 Å². The number of nitrogens with zero attached hydrogens (tertiary/aromatic N) is 14. The van der Waals surface area contributed by atoms with E-state index in [1.807, 2.05) is 75.0 Å².